The average molecular weight is 360 g/mol. The van der Waals surface area contributed by atoms with Gasteiger partial charge in [-0.05, 0) is 41.2 Å². The molecule has 0 aliphatic rings. The minimum absolute atomic E-state index is 0.234. The van der Waals surface area contributed by atoms with E-state index in [9.17, 15) is 8.78 Å². The topological polar surface area (TPSA) is 39.1 Å². The van der Waals surface area contributed by atoms with Crippen LogP contribution in [0.4, 0.5) is 8.78 Å². The summed E-state index contributed by atoms with van der Waals surface area (Å²) in [6.45, 7) is 0.996. The molecule has 1 aromatic carbocycles. The molecule has 21 heavy (non-hydrogen) atoms. The van der Waals surface area contributed by atoms with Crippen LogP contribution in [0.1, 0.15) is 17.3 Å². The van der Waals surface area contributed by atoms with Gasteiger partial charge in [0.05, 0.1) is 35.6 Å². The number of aromatic nitrogens is 2. The monoisotopic (exact) mass is 359 g/mol. The first kappa shape index (κ1) is 16.1. The zero-order valence-corrected chi connectivity index (χ0v) is 13.3. The number of nitrogens with zero attached hydrogens (tertiary/aromatic N) is 2. The minimum Gasteiger partial charge on any atom is -0.383 e. The number of rotatable bonds is 6. The Labute approximate surface area is 130 Å². The molecule has 1 unspecified atom stereocenters. The van der Waals surface area contributed by atoms with Gasteiger partial charge in [-0.25, -0.2) is 8.78 Å². The molecule has 2 aromatic rings. The summed E-state index contributed by atoms with van der Waals surface area (Å²) >= 11 is 3.41. The lowest BCUT2D eigenvalue weighted by Gasteiger charge is -2.20. The summed E-state index contributed by atoms with van der Waals surface area (Å²) in [7, 11) is 3.29. The SMILES string of the molecule is CNC(c1cc(F)ccc1F)c1c(Br)cnn1CCOC. The summed E-state index contributed by atoms with van der Waals surface area (Å²) < 4.78 is 35.0. The van der Waals surface area contributed by atoms with Crippen molar-refractivity contribution >= 4 is 15.9 Å². The zero-order valence-electron chi connectivity index (χ0n) is 11.7. The molecule has 0 spiro atoms. The molecule has 1 atom stereocenters. The standard InChI is InChI=1S/C14H16BrF2N3O/c1-18-13(10-7-9(16)3-4-12(10)17)14-11(15)8-19-20(14)5-6-21-2/h3-4,7-8,13,18H,5-6H2,1-2H3. The van der Waals surface area contributed by atoms with Crippen LogP contribution in [0.5, 0.6) is 0 Å². The first-order valence-electron chi connectivity index (χ1n) is 6.40. The highest BCUT2D eigenvalue weighted by atomic mass is 79.9. The molecule has 0 saturated carbocycles. The maximum atomic E-state index is 14.0. The number of ether oxygens (including phenoxy) is 1. The van der Waals surface area contributed by atoms with Crippen molar-refractivity contribution < 1.29 is 13.5 Å². The molecule has 0 amide bonds. The maximum absolute atomic E-state index is 14.0. The van der Waals surface area contributed by atoms with Crippen LogP contribution in [-0.2, 0) is 11.3 Å². The number of nitrogens with one attached hydrogen (secondary N) is 1. The molecule has 114 valence electrons. The lowest BCUT2D eigenvalue weighted by atomic mass is 10.0. The van der Waals surface area contributed by atoms with E-state index in [1.807, 2.05) is 0 Å². The van der Waals surface area contributed by atoms with Gasteiger partial charge < -0.3 is 10.1 Å². The third kappa shape index (κ3) is 3.48. The van der Waals surface area contributed by atoms with E-state index < -0.39 is 17.7 Å². The van der Waals surface area contributed by atoms with E-state index in [-0.39, 0.29) is 5.56 Å². The predicted molar refractivity (Wildman–Crippen MR) is 79.1 cm³/mol. The van der Waals surface area contributed by atoms with Gasteiger partial charge in [-0.2, -0.15) is 5.10 Å². The van der Waals surface area contributed by atoms with Crippen molar-refractivity contribution in [2.24, 2.45) is 0 Å². The van der Waals surface area contributed by atoms with Crippen LogP contribution in [0.3, 0.4) is 0 Å². The Kier molecular flexibility index (Phi) is 5.44. The quantitative estimate of drug-likeness (QED) is 0.861. The summed E-state index contributed by atoms with van der Waals surface area (Å²) in [5.74, 6) is -0.951. The van der Waals surface area contributed by atoms with E-state index in [1.54, 1.807) is 25.0 Å². The second-order valence-corrected chi connectivity index (χ2v) is 5.34. The van der Waals surface area contributed by atoms with Gasteiger partial charge in [-0.15, -0.1) is 0 Å². The minimum atomic E-state index is -0.519. The van der Waals surface area contributed by atoms with Crippen LogP contribution in [0.2, 0.25) is 0 Å². The van der Waals surface area contributed by atoms with Crippen LogP contribution in [0, 0.1) is 11.6 Å². The molecule has 0 aliphatic carbocycles. The third-order valence-corrected chi connectivity index (χ3v) is 3.78. The molecule has 0 saturated heterocycles. The van der Waals surface area contributed by atoms with Crippen molar-refractivity contribution in [3.63, 3.8) is 0 Å². The highest BCUT2D eigenvalue weighted by Gasteiger charge is 2.23. The zero-order chi connectivity index (χ0) is 15.4. The van der Waals surface area contributed by atoms with Crippen LogP contribution >= 0.6 is 15.9 Å². The Morgan fingerprint density at radius 2 is 2.19 bits per heavy atom. The fourth-order valence-electron chi connectivity index (χ4n) is 2.19. The van der Waals surface area contributed by atoms with Crippen molar-refractivity contribution in [2.75, 3.05) is 20.8 Å². The van der Waals surface area contributed by atoms with Gasteiger partial charge in [0, 0.05) is 12.7 Å². The molecule has 2 rings (SSSR count). The molecule has 0 bridgehead atoms. The van der Waals surface area contributed by atoms with Crippen molar-refractivity contribution in [3.8, 4) is 0 Å². The van der Waals surface area contributed by atoms with Crippen molar-refractivity contribution in [1.82, 2.24) is 15.1 Å². The molecule has 1 N–H and O–H groups in total. The van der Waals surface area contributed by atoms with Crippen molar-refractivity contribution in [3.05, 3.63) is 51.8 Å². The first-order valence-corrected chi connectivity index (χ1v) is 7.20. The Morgan fingerprint density at radius 3 is 2.86 bits per heavy atom. The second-order valence-electron chi connectivity index (χ2n) is 4.48. The molecular formula is C14H16BrF2N3O. The average Bonchev–Trinajstić information content (AvgIpc) is 2.83. The molecule has 0 fully saturated rings. The highest BCUT2D eigenvalue weighted by molar-refractivity contribution is 9.10. The molecule has 1 heterocycles. The fraction of sp³-hybridized carbons (Fsp3) is 0.357. The van der Waals surface area contributed by atoms with E-state index in [4.69, 9.17) is 4.74 Å². The molecule has 0 aliphatic heterocycles. The van der Waals surface area contributed by atoms with Gasteiger partial charge in [0.25, 0.3) is 0 Å². The van der Waals surface area contributed by atoms with E-state index >= 15 is 0 Å². The Bertz CT molecular complexity index is 618. The van der Waals surface area contributed by atoms with Crippen molar-refractivity contribution in [2.45, 2.75) is 12.6 Å². The Morgan fingerprint density at radius 1 is 1.43 bits per heavy atom. The number of hydrogen-bond acceptors (Lipinski definition) is 3. The van der Waals surface area contributed by atoms with E-state index in [2.05, 4.69) is 26.3 Å². The molecule has 1 aromatic heterocycles. The lowest BCUT2D eigenvalue weighted by molar-refractivity contribution is 0.182. The van der Waals surface area contributed by atoms with E-state index in [1.165, 1.54) is 6.07 Å². The van der Waals surface area contributed by atoms with E-state index in [0.717, 1.165) is 22.3 Å². The van der Waals surface area contributed by atoms with Crippen LogP contribution in [-0.4, -0.2) is 30.5 Å². The van der Waals surface area contributed by atoms with Crippen molar-refractivity contribution in [1.29, 1.82) is 0 Å². The van der Waals surface area contributed by atoms with Gasteiger partial charge in [-0.3, -0.25) is 4.68 Å². The largest absolute Gasteiger partial charge is 0.383 e. The summed E-state index contributed by atoms with van der Waals surface area (Å²) in [5.41, 5.74) is 0.955. The Balaban J connectivity index is 2.46. The van der Waals surface area contributed by atoms with E-state index in [0.29, 0.717) is 13.2 Å². The Hall–Kier alpha value is -1.31. The number of halogens is 3. The summed E-state index contributed by atoms with van der Waals surface area (Å²) in [6, 6.07) is 2.90. The molecule has 4 nitrogen and oxygen atoms in total. The third-order valence-electron chi connectivity index (χ3n) is 3.17. The van der Waals surface area contributed by atoms with Gasteiger partial charge in [0.1, 0.15) is 11.6 Å². The van der Waals surface area contributed by atoms with Crippen LogP contribution in [0.15, 0.2) is 28.9 Å². The number of hydrogen-bond donors (Lipinski definition) is 1. The second kappa shape index (κ2) is 7.11. The summed E-state index contributed by atoms with van der Waals surface area (Å²) in [6.07, 6.45) is 1.63. The molecular weight excluding hydrogens is 344 g/mol. The van der Waals surface area contributed by atoms with Gasteiger partial charge in [-0.1, -0.05) is 0 Å². The predicted octanol–water partition coefficient (Wildman–Crippen LogP) is 2.88. The van der Waals surface area contributed by atoms with Gasteiger partial charge >= 0.3 is 0 Å². The van der Waals surface area contributed by atoms with Gasteiger partial charge in [0.2, 0.25) is 0 Å². The highest BCUT2D eigenvalue weighted by Crippen LogP contribution is 2.30. The first-order chi connectivity index (χ1) is 10.1. The number of methoxy groups -OCH3 is 1. The maximum Gasteiger partial charge on any atom is 0.128 e. The summed E-state index contributed by atoms with van der Waals surface area (Å²) in [4.78, 5) is 0. The fourth-order valence-corrected chi connectivity index (χ4v) is 2.72. The smallest absolute Gasteiger partial charge is 0.128 e. The molecule has 0 radical (unpaired) electrons. The molecule has 7 heteroatoms. The van der Waals surface area contributed by atoms with Crippen LogP contribution in [0.25, 0.3) is 0 Å². The lowest BCUT2D eigenvalue weighted by Crippen LogP contribution is -2.24. The van der Waals surface area contributed by atoms with Crippen LogP contribution < -0.4 is 5.32 Å². The summed E-state index contributed by atoms with van der Waals surface area (Å²) in [5, 5.41) is 7.24. The normalized spacial score (nSPS) is 12.6. The van der Waals surface area contributed by atoms with Gasteiger partial charge in [0.15, 0.2) is 0 Å². The number of benzene rings is 1.